The molecule has 0 fully saturated rings. The van der Waals surface area contributed by atoms with Crippen LogP contribution in [0.3, 0.4) is 0 Å². The number of rotatable bonds is 5. The highest BCUT2D eigenvalue weighted by molar-refractivity contribution is 5.97. The van der Waals surface area contributed by atoms with Gasteiger partial charge in [0.2, 0.25) is 0 Å². The summed E-state index contributed by atoms with van der Waals surface area (Å²) in [6.45, 7) is 2.46. The zero-order chi connectivity index (χ0) is 13.8. The van der Waals surface area contributed by atoms with Gasteiger partial charge in [-0.25, -0.2) is 9.68 Å². The molecule has 0 atom stereocenters. The molecule has 0 spiro atoms. The van der Waals surface area contributed by atoms with Gasteiger partial charge in [-0.3, -0.25) is 9.68 Å². The lowest BCUT2D eigenvalue weighted by molar-refractivity contribution is -0.225. The van der Waals surface area contributed by atoms with Crippen LogP contribution in [0.2, 0.25) is 0 Å². The molecule has 1 aromatic carbocycles. The van der Waals surface area contributed by atoms with Crippen LogP contribution in [-0.4, -0.2) is 24.2 Å². The van der Waals surface area contributed by atoms with Crippen LogP contribution in [0.15, 0.2) is 24.3 Å². The lowest BCUT2D eigenvalue weighted by atomic mass is 9.94. The molecule has 0 heterocycles. The maximum absolute atomic E-state index is 11.5. The van der Waals surface area contributed by atoms with E-state index in [0.29, 0.717) is 5.75 Å². The topological polar surface area (TPSA) is 82.1 Å². The van der Waals surface area contributed by atoms with E-state index >= 15 is 0 Å². The SMILES string of the molecule is COc1cccc(OOC(=O)C(C)(C)C(=O)O)c1. The van der Waals surface area contributed by atoms with E-state index in [9.17, 15) is 9.59 Å². The summed E-state index contributed by atoms with van der Waals surface area (Å²) < 4.78 is 4.95. The average Bonchev–Trinajstić information content (AvgIpc) is 2.35. The van der Waals surface area contributed by atoms with Crippen molar-refractivity contribution in [3.63, 3.8) is 0 Å². The van der Waals surface area contributed by atoms with Crippen LogP contribution < -0.4 is 9.62 Å². The standard InChI is InChI=1S/C12H14O6/c1-12(2,10(13)14)11(15)18-17-9-6-4-5-8(7-9)16-3/h4-7H,1-3H3,(H,13,14). The Hall–Kier alpha value is -2.24. The van der Waals surface area contributed by atoms with Crippen LogP contribution >= 0.6 is 0 Å². The first-order valence-electron chi connectivity index (χ1n) is 5.14. The van der Waals surface area contributed by atoms with E-state index in [1.165, 1.54) is 27.0 Å². The highest BCUT2D eigenvalue weighted by Gasteiger charge is 2.39. The molecule has 6 heteroatoms. The lowest BCUT2D eigenvalue weighted by Crippen LogP contribution is -2.35. The van der Waals surface area contributed by atoms with Gasteiger partial charge in [0, 0.05) is 6.07 Å². The second-order valence-corrected chi connectivity index (χ2v) is 4.06. The molecule has 0 bridgehead atoms. The van der Waals surface area contributed by atoms with Gasteiger partial charge in [0.05, 0.1) is 7.11 Å². The molecule has 0 aromatic heterocycles. The van der Waals surface area contributed by atoms with Gasteiger partial charge < -0.3 is 9.84 Å². The maximum Gasteiger partial charge on any atom is 0.372 e. The number of benzene rings is 1. The van der Waals surface area contributed by atoms with Gasteiger partial charge in [-0.2, -0.15) is 0 Å². The predicted octanol–water partition coefficient (Wildman–Crippen LogP) is 1.64. The van der Waals surface area contributed by atoms with E-state index in [-0.39, 0.29) is 5.75 Å². The Morgan fingerprint density at radius 2 is 1.83 bits per heavy atom. The lowest BCUT2D eigenvalue weighted by Gasteiger charge is -2.15. The minimum atomic E-state index is -1.67. The van der Waals surface area contributed by atoms with Crippen LogP contribution in [0.1, 0.15) is 13.8 Å². The number of carbonyl (C=O) groups is 2. The van der Waals surface area contributed by atoms with Crippen LogP contribution in [0, 0.1) is 5.41 Å². The van der Waals surface area contributed by atoms with Crippen molar-refractivity contribution in [2.45, 2.75) is 13.8 Å². The third-order valence-electron chi connectivity index (χ3n) is 2.30. The number of aliphatic carboxylic acids is 1. The van der Waals surface area contributed by atoms with E-state index < -0.39 is 17.4 Å². The number of carboxylic acid groups (broad SMARTS) is 1. The third-order valence-corrected chi connectivity index (χ3v) is 2.30. The van der Waals surface area contributed by atoms with Gasteiger partial charge in [-0.1, -0.05) is 6.07 Å². The van der Waals surface area contributed by atoms with E-state index in [4.69, 9.17) is 14.7 Å². The summed E-state index contributed by atoms with van der Waals surface area (Å²) in [6.07, 6.45) is 0. The van der Waals surface area contributed by atoms with Crippen molar-refractivity contribution in [3.05, 3.63) is 24.3 Å². The molecular formula is C12H14O6. The van der Waals surface area contributed by atoms with Crippen LogP contribution in [0.4, 0.5) is 0 Å². The van der Waals surface area contributed by atoms with Crippen LogP contribution in [-0.2, 0) is 14.5 Å². The summed E-state index contributed by atoms with van der Waals surface area (Å²) in [4.78, 5) is 31.5. The largest absolute Gasteiger partial charge is 0.497 e. The minimum Gasteiger partial charge on any atom is -0.497 e. The molecular weight excluding hydrogens is 240 g/mol. The number of ether oxygens (including phenoxy) is 1. The molecule has 0 saturated heterocycles. The Bertz CT molecular complexity index is 452. The average molecular weight is 254 g/mol. The van der Waals surface area contributed by atoms with Crippen molar-refractivity contribution in [2.24, 2.45) is 5.41 Å². The summed E-state index contributed by atoms with van der Waals surface area (Å²) >= 11 is 0. The molecule has 0 aliphatic heterocycles. The quantitative estimate of drug-likeness (QED) is 0.488. The second-order valence-electron chi connectivity index (χ2n) is 4.06. The zero-order valence-electron chi connectivity index (χ0n) is 10.3. The van der Waals surface area contributed by atoms with Gasteiger partial charge in [0.25, 0.3) is 0 Å². The van der Waals surface area contributed by atoms with Crippen molar-refractivity contribution in [3.8, 4) is 11.5 Å². The van der Waals surface area contributed by atoms with Gasteiger partial charge in [0.1, 0.15) is 5.75 Å². The fraction of sp³-hybridized carbons (Fsp3) is 0.333. The van der Waals surface area contributed by atoms with E-state index in [1.807, 2.05) is 0 Å². The molecule has 18 heavy (non-hydrogen) atoms. The first kappa shape index (κ1) is 13.8. The Balaban J connectivity index is 2.65. The second kappa shape index (κ2) is 5.39. The Labute approximate surface area is 104 Å². The highest BCUT2D eigenvalue weighted by Crippen LogP contribution is 2.21. The number of hydrogen-bond acceptors (Lipinski definition) is 5. The molecule has 0 aliphatic rings. The molecule has 1 aromatic rings. The van der Waals surface area contributed by atoms with Crippen molar-refractivity contribution in [1.29, 1.82) is 0 Å². The Kier molecular flexibility index (Phi) is 4.14. The smallest absolute Gasteiger partial charge is 0.372 e. The van der Waals surface area contributed by atoms with E-state index in [1.54, 1.807) is 18.2 Å². The third kappa shape index (κ3) is 3.13. The first-order valence-corrected chi connectivity index (χ1v) is 5.14. The Morgan fingerprint density at radius 3 is 2.39 bits per heavy atom. The molecule has 1 N–H and O–H groups in total. The molecule has 0 aliphatic carbocycles. The molecule has 6 nitrogen and oxygen atoms in total. The minimum absolute atomic E-state index is 0.240. The van der Waals surface area contributed by atoms with Gasteiger partial charge in [-0.05, 0) is 26.0 Å². The van der Waals surface area contributed by atoms with Crippen molar-refractivity contribution in [2.75, 3.05) is 7.11 Å². The normalized spacial score (nSPS) is 10.6. The molecule has 0 radical (unpaired) electrons. The summed E-state index contributed by atoms with van der Waals surface area (Å²) in [5.41, 5.74) is -1.67. The summed E-state index contributed by atoms with van der Waals surface area (Å²) in [6, 6.07) is 6.38. The van der Waals surface area contributed by atoms with Crippen molar-refractivity contribution >= 4 is 11.9 Å². The molecule has 0 unspecified atom stereocenters. The fourth-order valence-electron chi connectivity index (χ4n) is 0.930. The highest BCUT2D eigenvalue weighted by atomic mass is 17.2. The number of hydrogen-bond donors (Lipinski definition) is 1. The van der Waals surface area contributed by atoms with E-state index in [0.717, 1.165) is 0 Å². The van der Waals surface area contributed by atoms with Crippen LogP contribution in [0.5, 0.6) is 11.5 Å². The molecule has 1 rings (SSSR count). The molecule has 98 valence electrons. The molecule has 0 saturated carbocycles. The van der Waals surface area contributed by atoms with Crippen molar-refractivity contribution in [1.82, 2.24) is 0 Å². The van der Waals surface area contributed by atoms with Gasteiger partial charge >= 0.3 is 11.9 Å². The monoisotopic (exact) mass is 254 g/mol. The van der Waals surface area contributed by atoms with Crippen LogP contribution in [0.25, 0.3) is 0 Å². The van der Waals surface area contributed by atoms with Gasteiger partial charge in [0.15, 0.2) is 11.2 Å². The van der Waals surface area contributed by atoms with Crippen molar-refractivity contribution < 1.29 is 29.2 Å². The van der Waals surface area contributed by atoms with Gasteiger partial charge in [-0.15, -0.1) is 0 Å². The summed E-state index contributed by atoms with van der Waals surface area (Å²) in [5, 5.41) is 8.81. The number of carboxylic acids is 1. The fourth-order valence-corrected chi connectivity index (χ4v) is 0.930. The maximum atomic E-state index is 11.5. The number of carbonyl (C=O) groups excluding carboxylic acids is 1. The van der Waals surface area contributed by atoms with E-state index in [2.05, 4.69) is 4.89 Å². The number of methoxy groups -OCH3 is 1. The first-order chi connectivity index (χ1) is 8.37. The Morgan fingerprint density at radius 1 is 1.22 bits per heavy atom. The molecule has 0 amide bonds. The zero-order valence-corrected chi connectivity index (χ0v) is 10.3. The summed E-state index contributed by atoms with van der Waals surface area (Å²) in [7, 11) is 1.48. The summed E-state index contributed by atoms with van der Waals surface area (Å²) in [5.74, 6) is -1.51. The predicted molar refractivity (Wildman–Crippen MR) is 61.1 cm³/mol.